The van der Waals surface area contributed by atoms with Crippen LogP contribution in [0.15, 0.2) is 0 Å². The second-order valence-corrected chi connectivity index (χ2v) is 4.90. The van der Waals surface area contributed by atoms with E-state index in [-0.39, 0.29) is 11.4 Å². The smallest absolute Gasteiger partial charge is 0.314 e. The van der Waals surface area contributed by atoms with Crippen LogP contribution in [0.2, 0.25) is 0 Å². The molecule has 0 radical (unpaired) electrons. The largest absolute Gasteiger partial charge is 0.338 e. The molecule has 0 aromatic carbocycles. The fourth-order valence-corrected chi connectivity index (χ4v) is 0.853. The summed E-state index contributed by atoms with van der Waals surface area (Å²) in [6, 6.07) is -0.0528. The number of urea groups is 1. The van der Waals surface area contributed by atoms with Gasteiger partial charge in [0.25, 0.3) is 0 Å². The lowest BCUT2D eigenvalue weighted by molar-refractivity contribution is 0.225. The second-order valence-electron chi connectivity index (χ2n) is 4.90. The third-order valence-electron chi connectivity index (χ3n) is 2.58. The van der Waals surface area contributed by atoms with E-state index >= 15 is 0 Å². The minimum absolute atomic E-state index is 0.0528. The van der Waals surface area contributed by atoms with Crippen molar-refractivity contribution >= 4 is 6.03 Å². The molecular weight excluding hydrogens is 176 g/mol. The molecule has 3 nitrogen and oxygen atoms in total. The van der Waals surface area contributed by atoms with Crippen LogP contribution in [0.5, 0.6) is 0 Å². The Balaban J connectivity index is 3.67. The SMILES string of the molecule is CCCNC(=O)NCC(C)C(C)(C)C. The van der Waals surface area contributed by atoms with Crippen LogP contribution in [0, 0.1) is 11.3 Å². The molecule has 2 N–H and O–H groups in total. The Kier molecular flexibility index (Phi) is 5.58. The van der Waals surface area contributed by atoms with Gasteiger partial charge in [-0.15, -0.1) is 0 Å². The molecule has 0 aliphatic rings. The van der Waals surface area contributed by atoms with E-state index in [9.17, 15) is 4.79 Å². The highest BCUT2D eigenvalue weighted by Crippen LogP contribution is 2.24. The maximum atomic E-state index is 11.2. The van der Waals surface area contributed by atoms with Crippen molar-refractivity contribution in [3.8, 4) is 0 Å². The molecule has 0 aromatic heterocycles. The van der Waals surface area contributed by atoms with E-state index < -0.39 is 0 Å². The van der Waals surface area contributed by atoms with Crippen LogP contribution in [0.1, 0.15) is 41.0 Å². The summed E-state index contributed by atoms with van der Waals surface area (Å²) in [5.41, 5.74) is 0.248. The lowest BCUT2D eigenvalue weighted by Gasteiger charge is -2.27. The summed E-state index contributed by atoms with van der Waals surface area (Å²) >= 11 is 0. The van der Waals surface area contributed by atoms with Crippen LogP contribution < -0.4 is 10.6 Å². The van der Waals surface area contributed by atoms with Gasteiger partial charge in [0.2, 0.25) is 0 Å². The van der Waals surface area contributed by atoms with E-state index in [0.29, 0.717) is 5.92 Å². The fraction of sp³-hybridized carbons (Fsp3) is 0.909. The van der Waals surface area contributed by atoms with Crippen LogP contribution in [0.4, 0.5) is 4.79 Å². The quantitative estimate of drug-likeness (QED) is 0.718. The topological polar surface area (TPSA) is 41.1 Å². The molecule has 0 spiro atoms. The van der Waals surface area contributed by atoms with Crippen molar-refractivity contribution in [2.75, 3.05) is 13.1 Å². The predicted molar refractivity (Wildman–Crippen MR) is 60.3 cm³/mol. The van der Waals surface area contributed by atoms with Crippen LogP contribution >= 0.6 is 0 Å². The van der Waals surface area contributed by atoms with Gasteiger partial charge in [0.05, 0.1) is 0 Å². The van der Waals surface area contributed by atoms with Crippen molar-refractivity contribution in [1.29, 1.82) is 0 Å². The first-order valence-corrected chi connectivity index (χ1v) is 5.39. The predicted octanol–water partition coefficient (Wildman–Crippen LogP) is 2.38. The molecular formula is C11H24N2O. The number of carbonyl (C=O) groups excluding carboxylic acids is 1. The van der Waals surface area contributed by atoms with Gasteiger partial charge in [-0.1, -0.05) is 34.6 Å². The Morgan fingerprint density at radius 3 is 2.29 bits per heavy atom. The van der Waals surface area contributed by atoms with Gasteiger partial charge in [0.15, 0.2) is 0 Å². The number of amides is 2. The van der Waals surface area contributed by atoms with Crippen molar-refractivity contribution in [2.45, 2.75) is 41.0 Å². The molecule has 0 heterocycles. The Morgan fingerprint density at radius 1 is 1.29 bits per heavy atom. The summed E-state index contributed by atoms with van der Waals surface area (Å²) in [5.74, 6) is 0.481. The maximum absolute atomic E-state index is 11.2. The highest BCUT2D eigenvalue weighted by molar-refractivity contribution is 5.73. The molecule has 3 heteroatoms. The average Bonchev–Trinajstić information content (AvgIpc) is 2.09. The average molecular weight is 200 g/mol. The number of nitrogens with one attached hydrogen (secondary N) is 2. The Morgan fingerprint density at radius 2 is 1.86 bits per heavy atom. The number of hydrogen-bond acceptors (Lipinski definition) is 1. The standard InChI is InChI=1S/C11H24N2O/c1-6-7-12-10(14)13-8-9(2)11(3,4)5/h9H,6-8H2,1-5H3,(H2,12,13,14). The van der Waals surface area contributed by atoms with Gasteiger partial charge in [-0.2, -0.15) is 0 Å². The highest BCUT2D eigenvalue weighted by atomic mass is 16.2. The lowest BCUT2D eigenvalue weighted by Crippen LogP contribution is -2.40. The summed E-state index contributed by atoms with van der Waals surface area (Å²) in [6.45, 7) is 12.2. The van der Waals surface area contributed by atoms with E-state index in [4.69, 9.17) is 0 Å². The molecule has 0 saturated carbocycles. The monoisotopic (exact) mass is 200 g/mol. The molecule has 1 atom stereocenters. The van der Waals surface area contributed by atoms with Crippen molar-refractivity contribution in [2.24, 2.45) is 11.3 Å². The number of hydrogen-bond donors (Lipinski definition) is 2. The van der Waals surface area contributed by atoms with Crippen LogP contribution in [0.25, 0.3) is 0 Å². The summed E-state index contributed by atoms with van der Waals surface area (Å²) < 4.78 is 0. The normalized spacial score (nSPS) is 13.5. The Labute approximate surface area is 87.6 Å². The zero-order valence-electron chi connectivity index (χ0n) is 10.1. The van der Waals surface area contributed by atoms with Gasteiger partial charge >= 0.3 is 6.03 Å². The summed E-state index contributed by atoms with van der Waals surface area (Å²) in [6.07, 6.45) is 0.974. The summed E-state index contributed by atoms with van der Waals surface area (Å²) in [7, 11) is 0. The van der Waals surface area contributed by atoms with E-state index in [1.807, 2.05) is 6.92 Å². The summed E-state index contributed by atoms with van der Waals surface area (Å²) in [4.78, 5) is 11.2. The van der Waals surface area contributed by atoms with E-state index in [1.54, 1.807) is 0 Å². The van der Waals surface area contributed by atoms with Gasteiger partial charge in [-0.25, -0.2) is 4.79 Å². The molecule has 14 heavy (non-hydrogen) atoms. The first-order valence-electron chi connectivity index (χ1n) is 5.39. The first-order chi connectivity index (χ1) is 6.38. The zero-order chi connectivity index (χ0) is 11.2. The van der Waals surface area contributed by atoms with Crippen molar-refractivity contribution in [3.05, 3.63) is 0 Å². The molecule has 84 valence electrons. The molecule has 0 bridgehead atoms. The minimum atomic E-state index is -0.0528. The molecule has 2 amide bonds. The molecule has 0 fully saturated rings. The Hall–Kier alpha value is -0.730. The Bertz CT molecular complexity index is 173. The minimum Gasteiger partial charge on any atom is -0.338 e. The molecule has 0 aliphatic heterocycles. The fourth-order valence-electron chi connectivity index (χ4n) is 0.853. The van der Waals surface area contributed by atoms with Gasteiger partial charge in [0, 0.05) is 13.1 Å². The van der Waals surface area contributed by atoms with Crippen LogP contribution in [0.3, 0.4) is 0 Å². The molecule has 0 aliphatic carbocycles. The number of carbonyl (C=O) groups is 1. The molecule has 0 aromatic rings. The maximum Gasteiger partial charge on any atom is 0.314 e. The molecule has 1 unspecified atom stereocenters. The summed E-state index contributed by atoms with van der Waals surface area (Å²) in [5, 5.41) is 5.66. The molecule has 0 saturated heterocycles. The van der Waals surface area contributed by atoms with E-state index in [2.05, 4.69) is 38.3 Å². The molecule has 0 rings (SSSR count). The van der Waals surface area contributed by atoms with Gasteiger partial charge in [-0.05, 0) is 17.8 Å². The van der Waals surface area contributed by atoms with Gasteiger partial charge < -0.3 is 10.6 Å². The van der Waals surface area contributed by atoms with E-state index in [0.717, 1.165) is 19.5 Å². The first kappa shape index (κ1) is 13.3. The third kappa shape index (κ3) is 5.84. The zero-order valence-corrected chi connectivity index (χ0v) is 10.1. The lowest BCUT2D eigenvalue weighted by atomic mass is 9.82. The second kappa shape index (κ2) is 5.89. The van der Waals surface area contributed by atoms with E-state index in [1.165, 1.54) is 0 Å². The third-order valence-corrected chi connectivity index (χ3v) is 2.58. The van der Waals surface area contributed by atoms with Crippen LogP contribution in [-0.2, 0) is 0 Å². The van der Waals surface area contributed by atoms with Crippen molar-refractivity contribution in [1.82, 2.24) is 10.6 Å². The number of rotatable bonds is 4. The van der Waals surface area contributed by atoms with Crippen LogP contribution in [-0.4, -0.2) is 19.1 Å². The highest BCUT2D eigenvalue weighted by Gasteiger charge is 2.19. The van der Waals surface area contributed by atoms with Crippen molar-refractivity contribution < 1.29 is 4.79 Å². The van der Waals surface area contributed by atoms with Gasteiger partial charge in [0.1, 0.15) is 0 Å². The van der Waals surface area contributed by atoms with Crippen molar-refractivity contribution in [3.63, 3.8) is 0 Å². The van der Waals surface area contributed by atoms with Gasteiger partial charge in [-0.3, -0.25) is 0 Å².